The van der Waals surface area contributed by atoms with E-state index < -0.39 is 0 Å². The number of nitrogen functional groups attached to an aromatic ring is 1. The van der Waals surface area contributed by atoms with Crippen LogP contribution < -0.4 is 11.1 Å². The van der Waals surface area contributed by atoms with Gasteiger partial charge in [0.25, 0.3) is 5.91 Å². The first-order chi connectivity index (χ1) is 12.5. The minimum atomic E-state index is -0.161. The Kier molecular flexibility index (Phi) is 5.78. The highest BCUT2D eigenvalue weighted by molar-refractivity contribution is 6.31. The first-order valence-electron chi connectivity index (χ1n) is 8.76. The Bertz CT molecular complexity index is 816. The molecule has 1 fully saturated rings. The molecule has 0 aromatic heterocycles. The molecule has 0 saturated carbocycles. The molecule has 0 radical (unpaired) electrons. The minimum absolute atomic E-state index is 0.0902. The third-order valence-corrected chi connectivity index (χ3v) is 4.79. The van der Waals surface area contributed by atoms with Gasteiger partial charge in [-0.3, -0.25) is 9.59 Å². The van der Waals surface area contributed by atoms with Gasteiger partial charge < -0.3 is 16.0 Å². The fourth-order valence-corrected chi connectivity index (χ4v) is 3.29. The molecule has 0 spiro atoms. The number of carbonyl (C=O) groups excluding carboxylic acids is 2. The second kappa shape index (κ2) is 8.23. The fourth-order valence-electron chi connectivity index (χ4n) is 3.12. The predicted molar refractivity (Wildman–Crippen MR) is 104 cm³/mol. The SMILES string of the molecule is Nc1ccccc1CCC(=O)Nc1ccc(Cl)cc1C(=O)N1CCCC1. The monoisotopic (exact) mass is 371 g/mol. The van der Waals surface area contributed by atoms with E-state index in [1.54, 1.807) is 23.1 Å². The van der Waals surface area contributed by atoms with E-state index in [1.807, 2.05) is 24.3 Å². The van der Waals surface area contributed by atoms with Gasteiger partial charge in [0.1, 0.15) is 0 Å². The second-order valence-corrected chi connectivity index (χ2v) is 6.87. The normalized spacial score (nSPS) is 13.7. The number of nitrogens with two attached hydrogens (primary N) is 1. The van der Waals surface area contributed by atoms with Gasteiger partial charge in [0.05, 0.1) is 11.3 Å². The number of halogens is 1. The number of carbonyl (C=O) groups is 2. The van der Waals surface area contributed by atoms with Gasteiger partial charge in [-0.2, -0.15) is 0 Å². The molecule has 0 atom stereocenters. The lowest BCUT2D eigenvalue weighted by molar-refractivity contribution is -0.116. The van der Waals surface area contributed by atoms with E-state index in [1.165, 1.54) is 0 Å². The zero-order valence-electron chi connectivity index (χ0n) is 14.5. The van der Waals surface area contributed by atoms with E-state index in [2.05, 4.69) is 5.32 Å². The van der Waals surface area contributed by atoms with Crippen LogP contribution in [0.1, 0.15) is 35.2 Å². The van der Waals surface area contributed by atoms with Crippen LogP contribution >= 0.6 is 11.6 Å². The Morgan fingerprint density at radius 2 is 1.85 bits per heavy atom. The van der Waals surface area contributed by atoms with Crippen LogP contribution in [-0.2, 0) is 11.2 Å². The van der Waals surface area contributed by atoms with Crippen LogP contribution in [0.15, 0.2) is 42.5 Å². The van der Waals surface area contributed by atoms with E-state index in [-0.39, 0.29) is 18.2 Å². The molecule has 1 heterocycles. The smallest absolute Gasteiger partial charge is 0.256 e. The van der Waals surface area contributed by atoms with Gasteiger partial charge in [-0.15, -0.1) is 0 Å². The van der Waals surface area contributed by atoms with Crippen molar-refractivity contribution in [3.63, 3.8) is 0 Å². The van der Waals surface area contributed by atoms with Crippen LogP contribution in [0.2, 0.25) is 5.02 Å². The van der Waals surface area contributed by atoms with Crippen LogP contribution in [0.5, 0.6) is 0 Å². The molecule has 2 amide bonds. The minimum Gasteiger partial charge on any atom is -0.399 e. The topological polar surface area (TPSA) is 75.4 Å². The highest BCUT2D eigenvalue weighted by atomic mass is 35.5. The van der Waals surface area contributed by atoms with Gasteiger partial charge in [-0.05, 0) is 49.1 Å². The van der Waals surface area contributed by atoms with E-state index in [4.69, 9.17) is 17.3 Å². The third kappa shape index (κ3) is 4.35. The van der Waals surface area contributed by atoms with Crippen LogP contribution in [0, 0.1) is 0 Å². The molecule has 0 unspecified atom stereocenters. The third-order valence-electron chi connectivity index (χ3n) is 4.56. The summed E-state index contributed by atoms with van der Waals surface area (Å²) in [6.07, 6.45) is 2.84. The van der Waals surface area contributed by atoms with Gasteiger partial charge >= 0.3 is 0 Å². The van der Waals surface area contributed by atoms with Crippen molar-refractivity contribution < 1.29 is 9.59 Å². The Morgan fingerprint density at radius 1 is 1.12 bits per heavy atom. The summed E-state index contributed by atoms with van der Waals surface area (Å²) >= 11 is 6.07. The molecule has 2 aromatic carbocycles. The maximum Gasteiger partial charge on any atom is 0.256 e. The molecule has 26 heavy (non-hydrogen) atoms. The van der Waals surface area contributed by atoms with Gasteiger partial charge in [0.15, 0.2) is 0 Å². The van der Waals surface area contributed by atoms with Crippen molar-refractivity contribution in [3.05, 3.63) is 58.6 Å². The molecule has 1 aliphatic heterocycles. The maximum absolute atomic E-state index is 12.7. The number of aryl methyl sites for hydroxylation is 1. The first kappa shape index (κ1) is 18.3. The van der Waals surface area contributed by atoms with Crippen molar-refractivity contribution in [2.24, 2.45) is 0 Å². The summed E-state index contributed by atoms with van der Waals surface area (Å²) in [5, 5.41) is 3.32. The van der Waals surface area contributed by atoms with Crippen LogP contribution in [0.3, 0.4) is 0 Å². The summed E-state index contributed by atoms with van der Waals surface area (Å²) in [4.78, 5) is 26.9. The number of likely N-dealkylation sites (tertiary alicyclic amines) is 1. The number of nitrogens with zero attached hydrogens (tertiary/aromatic N) is 1. The summed E-state index contributed by atoms with van der Waals surface area (Å²) in [5.41, 5.74) is 8.46. The van der Waals surface area contributed by atoms with E-state index in [0.29, 0.717) is 28.4 Å². The summed E-state index contributed by atoms with van der Waals surface area (Å²) in [5.74, 6) is -0.251. The Morgan fingerprint density at radius 3 is 2.58 bits per heavy atom. The van der Waals surface area contributed by atoms with Crippen molar-refractivity contribution in [2.75, 3.05) is 24.1 Å². The Hall–Kier alpha value is -2.53. The number of benzene rings is 2. The molecule has 6 heteroatoms. The maximum atomic E-state index is 12.7. The van der Waals surface area contributed by atoms with Gasteiger partial charge in [0.2, 0.25) is 5.91 Å². The van der Waals surface area contributed by atoms with Crippen LogP contribution in [0.4, 0.5) is 11.4 Å². The zero-order valence-corrected chi connectivity index (χ0v) is 15.3. The summed E-state index contributed by atoms with van der Waals surface area (Å²) in [6, 6.07) is 12.5. The van der Waals surface area contributed by atoms with Crippen molar-refractivity contribution in [3.8, 4) is 0 Å². The average Bonchev–Trinajstić information content (AvgIpc) is 3.16. The first-order valence-corrected chi connectivity index (χ1v) is 9.14. The lowest BCUT2D eigenvalue weighted by Gasteiger charge is -2.18. The number of rotatable bonds is 5. The molecule has 2 aromatic rings. The number of nitrogens with one attached hydrogen (secondary N) is 1. The van der Waals surface area contributed by atoms with Crippen molar-refractivity contribution >= 4 is 34.8 Å². The molecule has 136 valence electrons. The quantitative estimate of drug-likeness (QED) is 0.786. The largest absolute Gasteiger partial charge is 0.399 e. The Labute approximate surface area is 158 Å². The molecule has 0 bridgehead atoms. The molecule has 1 saturated heterocycles. The highest BCUT2D eigenvalue weighted by Crippen LogP contribution is 2.24. The molecule has 3 N–H and O–H groups in total. The lowest BCUT2D eigenvalue weighted by atomic mass is 10.1. The zero-order chi connectivity index (χ0) is 18.5. The second-order valence-electron chi connectivity index (χ2n) is 6.44. The molecular weight excluding hydrogens is 350 g/mol. The van der Waals surface area contributed by atoms with Crippen molar-refractivity contribution in [2.45, 2.75) is 25.7 Å². The average molecular weight is 372 g/mol. The standard InChI is InChI=1S/C20H22ClN3O2/c21-15-8-9-18(16(13-15)20(26)24-11-3-4-12-24)23-19(25)10-7-14-5-1-2-6-17(14)22/h1-2,5-6,8-9,13H,3-4,7,10-12,22H2,(H,23,25). The Balaban J connectivity index is 1.69. The molecule has 5 nitrogen and oxygen atoms in total. The molecule has 1 aliphatic rings. The molecule has 0 aliphatic carbocycles. The number of hydrogen-bond acceptors (Lipinski definition) is 3. The molecule has 3 rings (SSSR count). The van der Waals surface area contributed by atoms with Crippen molar-refractivity contribution in [1.29, 1.82) is 0 Å². The number of hydrogen-bond donors (Lipinski definition) is 2. The van der Waals surface area contributed by atoms with E-state index in [9.17, 15) is 9.59 Å². The van der Waals surface area contributed by atoms with E-state index in [0.717, 1.165) is 31.5 Å². The van der Waals surface area contributed by atoms with Crippen molar-refractivity contribution in [1.82, 2.24) is 4.90 Å². The number of para-hydroxylation sites is 1. The van der Waals surface area contributed by atoms with Gasteiger partial charge in [0, 0.05) is 30.2 Å². The summed E-state index contributed by atoms with van der Waals surface area (Å²) < 4.78 is 0. The van der Waals surface area contributed by atoms with Crippen LogP contribution in [0.25, 0.3) is 0 Å². The summed E-state index contributed by atoms with van der Waals surface area (Å²) in [6.45, 7) is 1.48. The predicted octanol–water partition coefficient (Wildman–Crippen LogP) is 3.73. The summed E-state index contributed by atoms with van der Waals surface area (Å²) in [7, 11) is 0. The number of amides is 2. The van der Waals surface area contributed by atoms with Crippen LogP contribution in [-0.4, -0.2) is 29.8 Å². The lowest BCUT2D eigenvalue weighted by Crippen LogP contribution is -2.29. The number of anilines is 2. The molecular formula is C20H22ClN3O2. The van der Waals surface area contributed by atoms with Gasteiger partial charge in [-0.25, -0.2) is 0 Å². The van der Waals surface area contributed by atoms with Gasteiger partial charge in [-0.1, -0.05) is 29.8 Å². The van der Waals surface area contributed by atoms with E-state index >= 15 is 0 Å². The highest BCUT2D eigenvalue weighted by Gasteiger charge is 2.22. The fraction of sp³-hybridized carbons (Fsp3) is 0.300.